The number of carbonyl (C=O) groups excluding carboxylic acids is 2. The molecule has 0 unspecified atom stereocenters. The lowest BCUT2D eigenvalue weighted by atomic mass is 9.83. The van der Waals surface area contributed by atoms with Crippen LogP contribution in [-0.2, 0) is 21.4 Å². The maximum Gasteiger partial charge on any atom is 0.234 e. The van der Waals surface area contributed by atoms with Crippen molar-refractivity contribution < 1.29 is 14.3 Å². The molecule has 2 amide bonds. The number of thioether (sulfide) groups is 1. The maximum atomic E-state index is 13.0. The molecule has 0 spiro atoms. The van der Waals surface area contributed by atoms with Crippen molar-refractivity contribution in [2.45, 2.75) is 37.5 Å². The highest BCUT2D eigenvalue weighted by Gasteiger charge is 2.30. The Bertz CT molecular complexity index is 1090. The molecule has 172 valence electrons. The highest BCUT2D eigenvalue weighted by Crippen LogP contribution is 2.29. The molecule has 0 saturated heterocycles. The second-order valence-corrected chi connectivity index (χ2v) is 9.50. The van der Waals surface area contributed by atoms with Gasteiger partial charge in [0.05, 0.1) is 24.6 Å². The summed E-state index contributed by atoms with van der Waals surface area (Å²) in [5, 5.41) is 5.88. The average molecular weight is 463 g/mol. The molecule has 3 aromatic rings. The van der Waals surface area contributed by atoms with Gasteiger partial charge in [-0.05, 0) is 67.1 Å². The van der Waals surface area contributed by atoms with E-state index in [1.807, 2.05) is 80.6 Å². The summed E-state index contributed by atoms with van der Waals surface area (Å²) in [4.78, 5) is 26.7. The van der Waals surface area contributed by atoms with E-state index in [1.165, 1.54) is 4.90 Å². The molecule has 2 N–H and O–H groups in total. The fourth-order valence-electron chi connectivity index (χ4n) is 3.39. The third-order valence-corrected chi connectivity index (χ3v) is 6.31. The number of nitrogens with one attached hydrogen (secondary N) is 2. The van der Waals surface area contributed by atoms with E-state index in [1.54, 1.807) is 24.9 Å². The summed E-state index contributed by atoms with van der Waals surface area (Å²) in [6.45, 7) is 5.85. The zero-order valence-electron chi connectivity index (χ0n) is 19.5. The van der Waals surface area contributed by atoms with E-state index in [0.717, 1.165) is 16.9 Å². The summed E-state index contributed by atoms with van der Waals surface area (Å²) >= 11 is 1.78. The van der Waals surface area contributed by atoms with Gasteiger partial charge in [-0.15, -0.1) is 11.8 Å². The number of para-hydroxylation sites is 2. The molecule has 0 atom stereocenters. The van der Waals surface area contributed by atoms with Crippen LogP contribution in [0.2, 0.25) is 0 Å². The first kappa shape index (κ1) is 24.4. The van der Waals surface area contributed by atoms with Crippen molar-refractivity contribution in [1.29, 1.82) is 0 Å². The number of rotatable bonds is 9. The van der Waals surface area contributed by atoms with Crippen molar-refractivity contribution in [3.63, 3.8) is 0 Å². The highest BCUT2D eigenvalue weighted by atomic mass is 32.2. The van der Waals surface area contributed by atoms with E-state index in [2.05, 4.69) is 17.6 Å². The summed E-state index contributed by atoms with van der Waals surface area (Å²) in [5.74, 6) is 1.41. The number of amides is 2. The Morgan fingerprint density at radius 2 is 1.58 bits per heavy atom. The summed E-state index contributed by atoms with van der Waals surface area (Å²) < 4.78 is 5.32. The van der Waals surface area contributed by atoms with E-state index >= 15 is 0 Å². The predicted octanol–water partition coefficient (Wildman–Crippen LogP) is 5.90. The number of benzene rings is 3. The van der Waals surface area contributed by atoms with Gasteiger partial charge in [-0.1, -0.05) is 43.3 Å². The Morgan fingerprint density at radius 1 is 0.909 bits per heavy atom. The van der Waals surface area contributed by atoms with Crippen LogP contribution in [0.15, 0.2) is 77.7 Å². The van der Waals surface area contributed by atoms with Crippen LogP contribution in [0, 0.1) is 0 Å². The molecular weight excluding hydrogens is 432 g/mol. The molecule has 3 rings (SSSR count). The Kier molecular flexibility index (Phi) is 8.17. The number of hydrogen-bond acceptors (Lipinski definition) is 4. The van der Waals surface area contributed by atoms with E-state index < -0.39 is 5.41 Å². The van der Waals surface area contributed by atoms with Crippen LogP contribution in [0.5, 0.6) is 5.75 Å². The molecule has 0 aliphatic heterocycles. The molecule has 0 aliphatic rings. The molecule has 0 radical (unpaired) electrons. The number of hydrogen-bond donors (Lipinski definition) is 2. The molecule has 0 heterocycles. The lowest BCUT2D eigenvalue weighted by molar-refractivity contribution is -0.120. The zero-order valence-corrected chi connectivity index (χ0v) is 20.3. The Morgan fingerprint density at radius 3 is 2.21 bits per heavy atom. The van der Waals surface area contributed by atoms with Crippen LogP contribution in [0.25, 0.3) is 0 Å². The third-order valence-electron chi connectivity index (χ3n) is 5.41. The van der Waals surface area contributed by atoms with Crippen molar-refractivity contribution in [2.24, 2.45) is 0 Å². The average Bonchev–Trinajstić information content (AvgIpc) is 2.81. The highest BCUT2D eigenvalue weighted by molar-refractivity contribution is 7.99. The maximum absolute atomic E-state index is 13.0. The van der Waals surface area contributed by atoms with E-state index in [-0.39, 0.29) is 11.8 Å². The predicted molar refractivity (Wildman–Crippen MR) is 136 cm³/mol. The van der Waals surface area contributed by atoms with Crippen LogP contribution < -0.4 is 15.4 Å². The van der Waals surface area contributed by atoms with Gasteiger partial charge in [-0.25, -0.2) is 0 Å². The van der Waals surface area contributed by atoms with Crippen molar-refractivity contribution in [2.75, 3.05) is 23.5 Å². The van der Waals surface area contributed by atoms with Crippen molar-refractivity contribution in [1.82, 2.24) is 0 Å². The van der Waals surface area contributed by atoms with Crippen LogP contribution >= 0.6 is 11.8 Å². The first-order valence-electron chi connectivity index (χ1n) is 10.9. The third kappa shape index (κ3) is 6.39. The number of ether oxygens (including phenoxy) is 1. The fraction of sp³-hybridized carbons (Fsp3) is 0.259. The minimum atomic E-state index is -0.776. The molecule has 3 aromatic carbocycles. The monoisotopic (exact) mass is 462 g/mol. The van der Waals surface area contributed by atoms with Gasteiger partial charge in [0.25, 0.3) is 0 Å². The van der Waals surface area contributed by atoms with E-state index in [4.69, 9.17) is 4.74 Å². The van der Waals surface area contributed by atoms with Crippen LogP contribution in [-0.4, -0.2) is 24.7 Å². The molecule has 33 heavy (non-hydrogen) atoms. The molecule has 0 saturated carbocycles. The van der Waals surface area contributed by atoms with Crippen molar-refractivity contribution >= 4 is 35.0 Å². The van der Waals surface area contributed by atoms with Gasteiger partial charge in [0.15, 0.2) is 0 Å². The van der Waals surface area contributed by atoms with Crippen LogP contribution in [0.4, 0.5) is 11.4 Å². The molecule has 0 aromatic heterocycles. The SMILES string of the molecule is CCSc1ccc(CC(=O)Nc2ccc(C(C)(C)C(=O)Nc3ccccc3OC)cc2)cc1. The quantitative estimate of drug-likeness (QED) is 0.388. The van der Waals surface area contributed by atoms with Gasteiger partial charge in [-0.3, -0.25) is 9.59 Å². The fourth-order valence-corrected chi connectivity index (χ4v) is 4.05. The molecule has 0 fully saturated rings. The molecule has 5 nitrogen and oxygen atoms in total. The summed E-state index contributed by atoms with van der Waals surface area (Å²) in [6.07, 6.45) is 0.311. The van der Waals surface area contributed by atoms with Crippen molar-refractivity contribution in [3.8, 4) is 5.75 Å². The zero-order chi connectivity index (χ0) is 23.8. The minimum absolute atomic E-state index is 0.0770. The largest absolute Gasteiger partial charge is 0.495 e. The van der Waals surface area contributed by atoms with Gasteiger partial charge in [0, 0.05) is 10.6 Å². The molecule has 0 bridgehead atoms. The molecule has 0 aliphatic carbocycles. The van der Waals surface area contributed by atoms with Crippen molar-refractivity contribution in [3.05, 3.63) is 83.9 Å². The topological polar surface area (TPSA) is 67.4 Å². The molecule has 6 heteroatoms. The lowest BCUT2D eigenvalue weighted by Gasteiger charge is -2.25. The number of carbonyl (C=O) groups is 2. The Balaban J connectivity index is 1.62. The van der Waals surface area contributed by atoms with Gasteiger partial charge >= 0.3 is 0 Å². The Hall–Kier alpha value is -3.25. The van der Waals surface area contributed by atoms with Crippen LogP contribution in [0.3, 0.4) is 0 Å². The van der Waals surface area contributed by atoms with Gasteiger partial charge in [-0.2, -0.15) is 0 Å². The second kappa shape index (κ2) is 11.1. The first-order valence-corrected chi connectivity index (χ1v) is 11.9. The van der Waals surface area contributed by atoms with Gasteiger partial charge in [0.1, 0.15) is 5.75 Å². The number of methoxy groups -OCH3 is 1. The van der Waals surface area contributed by atoms with Gasteiger partial charge < -0.3 is 15.4 Å². The summed E-state index contributed by atoms with van der Waals surface area (Å²) in [5.41, 5.74) is 2.36. The summed E-state index contributed by atoms with van der Waals surface area (Å²) in [6, 6.07) is 22.8. The number of anilines is 2. The molecular formula is C27H30N2O3S. The minimum Gasteiger partial charge on any atom is -0.495 e. The summed E-state index contributed by atoms with van der Waals surface area (Å²) in [7, 11) is 1.57. The van der Waals surface area contributed by atoms with E-state index in [0.29, 0.717) is 23.5 Å². The van der Waals surface area contributed by atoms with Crippen LogP contribution in [0.1, 0.15) is 31.9 Å². The smallest absolute Gasteiger partial charge is 0.234 e. The Labute approximate surface area is 199 Å². The van der Waals surface area contributed by atoms with E-state index in [9.17, 15) is 9.59 Å². The first-order chi connectivity index (χ1) is 15.8. The lowest BCUT2D eigenvalue weighted by Crippen LogP contribution is -2.34. The second-order valence-electron chi connectivity index (χ2n) is 8.16. The normalized spacial score (nSPS) is 11.0. The van der Waals surface area contributed by atoms with Gasteiger partial charge in [0.2, 0.25) is 11.8 Å². The standard InChI is InChI=1S/C27H30N2O3S/c1-5-33-22-16-10-19(11-17-22)18-25(30)28-21-14-12-20(13-15-21)27(2,3)26(31)29-23-8-6-7-9-24(23)32-4/h6-17H,5,18H2,1-4H3,(H,28,30)(H,29,31).